The number of nitrogens with one attached hydrogen (secondary N) is 1. The predicted molar refractivity (Wildman–Crippen MR) is 183 cm³/mol. The maximum Gasteiger partial charge on any atom is 0.410 e. The second-order valence-electron chi connectivity index (χ2n) is 14.2. The molecule has 11 nitrogen and oxygen atoms in total. The molecule has 2 unspecified atom stereocenters. The van der Waals surface area contributed by atoms with Gasteiger partial charge in [0.05, 0.1) is 17.8 Å². The monoisotopic (exact) mass is 678 g/mol. The fourth-order valence-corrected chi connectivity index (χ4v) is 6.03. The molecular weight excluding hydrogens is 631 g/mol. The summed E-state index contributed by atoms with van der Waals surface area (Å²) in [6.45, 7) is 9.06. The van der Waals surface area contributed by atoms with Crippen molar-refractivity contribution in [2.24, 2.45) is 5.92 Å². The van der Waals surface area contributed by atoms with Crippen LogP contribution in [0.2, 0.25) is 0 Å². The molecule has 1 aliphatic rings. The number of carboxylic acids is 1. The smallest absolute Gasteiger partial charge is 0.410 e. The highest BCUT2D eigenvalue weighted by molar-refractivity contribution is 6.05. The van der Waals surface area contributed by atoms with E-state index in [0.717, 1.165) is 18.1 Å². The van der Waals surface area contributed by atoms with Crippen LogP contribution in [0.4, 0.5) is 9.18 Å². The number of rotatable bonds is 13. The topological polar surface area (TPSA) is 138 Å². The summed E-state index contributed by atoms with van der Waals surface area (Å²) in [5.41, 5.74) is -0.951. The molecule has 3 amide bonds. The van der Waals surface area contributed by atoms with Gasteiger partial charge >= 0.3 is 12.1 Å². The first-order valence-corrected chi connectivity index (χ1v) is 16.5. The molecular formula is C37H47FN4O7. The summed E-state index contributed by atoms with van der Waals surface area (Å²) in [5.74, 6) is -2.65. The van der Waals surface area contributed by atoms with E-state index in [4.69, 9.17) is 9.47 Å². The van der Waals surface area contributed by atoms with Crippen molar-refractivity contribution in [2.75, 3.05) is 20.7 Å². The minimum Gasteiger partial charge on any atom is -0.489 e. The molecule has 264 valence electrons. The van der Waals surface area contributed by atoms with Gasteiger partial charge in [-0.25, -0.2) is 14.0 Å². The Morgan fingerprint density at radius 2 is 1.73 bits per heavy atom. The maximum atomic E-state index is 14.2. The molecule has 1 aliphatic carbocycles. The molecule has 0 aliphatic heterocycles. The molecule has 0 saturated heterocycles. The summed E-state index contributed by atoms with van der Waals surface area (Å²) < 4.78 is 25.7. The quantitative estimate of drug-likeness (QED) is 0.230. The minimum absolute atomic E-state index is 0.0646. The van der Waals surface area contributed by atoms with Gasteiger partial charge in [0, 0.05) is 19.5 Å². The molecule has 3 aromatic rings. The molecule has 4 rings (SSSR count). The number of ether oxygens (including phenoxy) is 2. The van der Waals surface area contributed by atoms with Gasteiger partial charge in [-0.05, 0) is 82.6 Å². The highest BCUT2D eigenvalue weighted by Crippen LogP contribution is 2.38. The maximum absolute atomic E-state index is 14.2. The number of carboxylic acid groups (broad SMARTS) is 1. The number of pyridine rings is 1. The summed E-state index contributed by atoms with van der Waals surface area (Å²) in [5, 5.41) is 13.2. The number of likely N-dealkylation sites (N-methyl/N-ethyl adjacent to an activating group) is 2. The molecule has 12 heteroatoms. The molecule has 1 heterocycles. The van der Waals surface area contributed by atoms with E-state index in [1.165, 1.54) is 35.2 Å². The van der Waals surface area contributed by atoms with E-state index in [1.807, 2.05) is 44.2 Å². The zero-order valence-corrected chi connectivity index (χ0v) is 29.3. The number of aromatic nitrogens is 1. The van der Waals surface area contributed by atoms with Crippen LogP contribution >= 0.6 is 0 Å². The molecule has 1 saturated carbocycles. The summed E-state index contributed by atoms with van der Waals surface area (Å²) >= 11 is 0. The number of nitrogens with zero attached hydrogens (tertiary/aromatic N) is 3. The number of hydrogen-bond donors (Lipinski definition) is 2. The van der Waals surface area contributed by atoms with Crippen molar-refractivity contribution in [3.05, 3.63) is 71.7 Å². The van der Waals surface area contributed by atoms with Crippen molar-refractivity contribution in [1.82, 2.24) is 20.1 Å². The van der Waals surface area contributed by atoms with Crippen LogP contribution in [0.3, 0.4) is 0 Å². The van der Waals surface area contributed by atoms with E-state index in [2.05, 4.69) is 10.3 Å². The van der Waals surface area contributed by atoms with Crippen LogP contribution in [-0.4, -0.2) is 87.7 Å². The lowest BCUT2D eigenvalue weighted by molar-refractivity contribution is -0.155. The van der Waals surface area contributed by atoms with Gasteiger partial charge in [0.2, 0.25) is 11.8 Å². The highest BCUT2D eigenvalue weighted by atomic mass is 19.1. The standard InChI is InChI=1S/C37H47FN4O7/c1-23(2)18-29(41(6)35(47)49-36(3,4)5)32(43)42(7)37(16-11-17-37)34(46)40-26(19-24-12-9-8-10-13-24)22-48-30-21-39-28-15-14-25(38)20-27(28)31(30)33(44)45/h8-10,12-15,20-21,23,26,29H,11,16-19,22H2,1-7H3,(H,40,46)(H,44,45). The van der Waals surface area contributed by atoms with Crippen molar-refractivity contribution >= 4 is 34.8 Å². The number of halogens is 1. The van der Waals surface area contributed by atoms with Crippen molar-refractivity contribution in [1.29, 1.82) is 0 Å². The van der Waals surface area contributed by atoms with Gasteiger partial charge in [0.1, 0.15) is 35.2 Å². The zero-order chi connectivity index (χ0) is 36.1. The number of hydrogen-bond acceptors (Lipinski definition) is 7. The van der Waals surface area contributed by atoms with E-state index in [1.54, 1.807) is 27.8 Å². The average molecular weight is 679 g/mol. The third kappa shape index (κ3) is 8.84. The summed E-state index contributed by atoms with van der Waals surface area (Å²) in [6, 6.07) is 11.6. The largest absolute Gasteiger partial charge is 0.489 e. The lowest BCUT2D eigenvalue weighted by Gasteiger charge is -2.49. The Kier molecular flexibility index (Phi) is 11.5. The Balaban J connectivity index is 1.59. The van der Waals surface area contributed by atoms with E-state index in [0.29, 0.717) is 31.2 Å². The van der Waals surface area contributed by atoms with Crippen LogP contribution in [0, 0.1) is 11.7 Å². The number of aromatic carboxylic acids is 1. The molecule has 1 fully saturated rings. The average Bonchev–Trinajstić information content (AvgIpc) is 3.00. The Hall–Kier alpha value is -4.74. The fraction of sp³-hybridized carbons (Fsp3) is 0.486. The SMILES string of the molecule is CC(C)CC(C(=O)N(C)C1(C(=O)NC(COc2cnc3ccc(F)cc3c2C(=O)O)Cc2ccccc2)CCC1)N(C)C(=O)OC(C)(C)C. The molecule has 0 bridgehead atoms. The molecule has 0 radical (unpaired) electrons. The normalized spacial score (nSPS) is 15.1. The van der Waals surface area contributed by atoms with Gasteiger partial charge in [-0.3, -0.25) is 19.5 Å². The Morgan fingerprint density at radius 3 is 2.31 bits per heavy atom. The zero-order valence-electron chi connectivity index (χ0n) is 29.3. The number of benzene rings is 2. The van der Waals surface area contributed by atoms with Gasteiger partial charge in [-0.1, -0.05) is 44.2 Å². The van der Waals surface area contributed by atoms with Gasteiger partial charge in [0.25, 0.3) is 0 Å². The highest BCUT2D eigenvalue weighted by Gasteiger charge is 2.51. The van der Waals surface area contributed by atoms with Crippen molar-refractivity contribution < 1.29 is 38.1 Å². The van der Waals surface area contributed by atoms with Crippen LogP contribution < -0.4 is 10.1 Å². The Morgan fingerprint density at radius 1 is 1.06 bits per heavy atom. The third-order valence-electron chi connectivity index (χ3n) is 8.81. The molecule has 0 spiro atoms. The first-order chi connectivity index (χ1) is 23.0. The summed E-state index contributed by atoms with van der Waals surface area (Å²) in [6.07, 6.45) is 2.94. The summed E-state index contributed by atoms with van der Waals surface area (Å²) in [7, 11) is 3.13. The Bertz CT molecular complexity index is 1670. The fourth-order valence-electron chi connectivity index (χ4n) is 6.03. The van der Waals surface area contributed by atoms with Crippen LogP contribution in [0.1, 0.15) is 76.2 Å². The number of carbonyl (C=O) groups is 4. The van der Waals surface area contributed by atoms with E-state index in [9.17, 15) is 28.7 Å². The second-order valence-corrected chi connectivity index (χ2v) is 14.2. The van der Waals surface area contributed by atoms with E-state index < -0.39 is 41.1 Å². The van der Waals surface area contributed by atoms with Gasteiger partial charge in [0.15, 0.2) is 5.75 Å². The number of fused-ring (bicyclic) bond motifs is 1. The number of amides is 3. The third-order valence-corrected chi connectivity index (χ3v) is 8.81. The van der Waals surface area contributed by atoms with Crippen molar-refractivity contribution in [3.8, 4) is 5.75 Å². The van der Waals surface area contributed by atoms with Gasteiger partial charge in [-0.15, -0.1) is 0 Å². The first-order valence-electron chi connectivity index (χ1n) is 16.5. The first kappa shape index (κ1) is 37.1. The molecule has 2 aromatic carbocycles. The van der Waals surface area contributed by atoms with Crippen LogP contribution in [0.25, 0.3) is 10.9 Å². The van der Waals surface area contributed by atoms with E-state index >= 15 is 0 Å². The summed E-state index contributed by atoms with van der Waals surface area (Å²) in [4.78, 5) is 60.7. The van der Waals surface area contributed by atoms with Crippen LogP contribution in [-0.2, 0) is 20.7 Å². The number of carbonyl (C=O) groups excluding carboxylic acids is 3. The van der Waals surface area contributed by atoms with Gasteiger partial charge < -0.3 is 24.8 Å². The lowest BCUT2D eigenvalue weighted by Crippen LogP contribution is -2.67. The van der Waals surface area contributed by atoms with Gasteiger partial charge in [-0.2, -0.15) is 0 Å². The second kappa shape index (κ2) is 15.2. The van der Waals surface area contributed by atoms with Crippen molar-refractivity contribution in [3.63, 3.8) is 0 Å². The van der Waals surface area contributed by atoms with Crippen LogP contribution in [0.5, 0.6) is 5.75 Å². The lowest BCUT2D eigenvalue weighted by atomic mass is 9.74. The minimum atomic E-state index is -1.31. The predicted octanol–water partition coefficient (Wildman–Crippen LogP) is 5.84. The Labute approximate surface area is 286 Å². The molecule has 1 aromatic heterocycles. The van der Waals surface area contributed by atoms with Crippen LogP contribution in [0.15, 0.2) is 54.7 Å². The van der Waals surface area contributed by atoms with Crippen molar-refractivity contribution in [2.45, 2.75) is 89.9 Å². The molecule has 2 atom stereocenters. The molecule has 2 N–H and O–H groups in total. The van der Waals surface area contributed by atoms with E-state index in [-0.39, 0.29) is 41.0 Å². The molecule has 49 heavy (non-hydrogen) atoms.